The summed E-state index contributed by atoms with van der Waals surface area (Å²) in [6.45, 7) is 4.30. The smallest absolute Gasteiger partial charge is 0.251 e. The summed E-state index contributed by atoms with van der Waals surface area (Å²) < 4.78 is 10.3. The van der Waals surface area contributed by atoms with Gasteiger partial charge in [0.15, 0.2) is 11.5 Å². The zero-order valence-electron chi connectivity index (χ0n) is 11.9. The van der Waals surface area contributed by atoms with Crippen LogP contribution in [-0.4, -0.2) is 32.2 Å². The number of hydrogen-bond acceptors (Lipinski definition) is 4. The Morgan fingerprint density at radius 2 is 1.95 bits per heavy atom. The summed E-state index contributed by atoms with van der Waals surface area (Å²) in [5, 5.41) is 2.94. The lowest BCUT2D eigenvalue weighted by Gasteiger charge is -2.28. The average molecular weight is 266 g/mol. The number of carbonyl (C=O) groups is 1. The van der Waals surface area contributed by atoms with Gasteiger partial charge in [0.05, 0.1) is 14.2 Å². The van der Waals surface area contributed by atoms with E-state index >= 15 is 0 Å². The molecule has 1 atom stereocenters. The van der Waals surface area contributed by atoms with Crippen LogP contribution < -0.4 is 20.5 Å². The molecule has 0 saturated carbocycles. The molecule has 0 bridgehead atoms. The maximum atomic E-state index is 12.2. The first-order valence-corrected chi connectivity index (χ1v) is 6.24. The summed E-state index contributed by atoms with van der Waals surface area (Å²) in [6, 6.07) is 5.06. The molecule has 5 heteroatoms. The lowest BCUT2D eigenvalue weighted by molar-refractivity contribution is 0.0906. The molecule has 19 heavy (non-hydrogen) atoms. The molecule has 5 nitrogen and oxygen atoms in total. The molecule has 0 aliphatic rings. The summed E-state index contributed by atoms with van der Waals surface area (Å²) >= 11 is 0. The van der Waals surface area contributed by atoms with Crippen LogP contribution in [0.2, 0.25) is 0 Å². The van der Waals surface area contributed by atoms with Gasteiger partial charge in [-0.25, -0.2) is 0 Å². The second kappa shape index (κ2) is 6.43. The number of hydrogen-bond donors (Lipinski definition) is 2. The number of nitrogens with two attached hydrogens (primary N) is 1. The van der Waals surface area contributed by atoms with E-state index in [4.69, 9.17) is 15.2 Å². The minimum Gasteiger partial charge on any atom is -0.493 e. The Labute approximate surface area is 114 Å². The second-order valence-corrected chi connectivity index (χ2v) is 4.64. The fourth-order valence-electron chi connectivity index (χ4n) is 1.61. The van der Waals surface area contributed by atoms with E-state index in [-0.39, 0.29) is 5.91 Å². The van der Waals surface area contributed by atoms with Crippen LogP contribution in [0.15, 0.2) is 18.2 Å². The predicted molar refractivity (Wildman–Crippen MR) is 74.8 cm³/mol. The van der Waals surface area contributed by atoms with Crippen LogP contribution in [0.3, 0.4) is 0 Å². The first-order valence-electron chi connectivity index (χ1n) is 6.24. The maximum Gasteiger partial charge on any atom is 0.251 e. The van der Waals surface area contributed by atoms with E-state index in [1.54, 1.807) is 25.3 Å². The third kappa shape index (κ3) is 3.61. The topological polar surface area (TPSA) is 73.6 Å². The lowest BCUT2D eigenvalue weighted by atomic mass is 9.98. The van der Waals surface area contributed by atoms with Crippen molar-refractivity contribution in [3.05, 3.63) is 23.8 Å². The van der Waals surface area contributed by atoms with Crippen molar-refractivity contribution in [1.29, 1.82) is 0 Å². The van der Waals surface area contributed by atoms with Gasteiger partial charge in [0.25, 0.3) is 5.91 Å². The lowest BCUT2D eigenvalue weighted by Crippen LogP contribution is -2.50. The quantitative estimate of drug-likeness (QED) is 0.819. The summed E-state index contributed by atoms with van der Waals surface area (Å²) in [4.78, 5) is 12.2. The largest absolute Gasteiger partial charge is 0.493 e. The van der Waals surface area contributed by atoms with Gasteiger partial charge < -0.3 is 20.5 Å². The summed E-state index contributed by atoms with van der Waals surface area (Å²) in [5.74, 6) is 0.952. The van der Waals surface area contributed by atoms with Gasteiger partial charge in [0, 0.05) is 17.6 Å². The molecule has 1 rings (SSSR count). The fourth-order valence-corrected chi connectivity index (χ4v) is 1.61. The maximum absolute atomic E-state index is 12.2. The Hall–Kier alpha value is -1.75. The van der Waals surface area contributed by atoms with E-state index in [1.807, 2.05) is 13.8 Å². The molecule has 0 aromatic heterocycles. The summed E-state index contributed by atoms with van der Waals surface area (Å²) in [7, 11) is 3.09. The van der Waals surface area contributed by atoms with Gasteiger partial charge >= 0.3 is 0 Å². The normalized spacial score (nSPS) is 13.5. The molecule has 1 aromatic carbocycles. The van der Waals surface area contributed by atoms with Gasteiger partial charge in [-0.3, -0.25) is 4.79 Å². The molecule has 0 aliphatic carbocycles. The van der Waals surface area contributed by atoms with E-state index < -0.39 is 5.54 Å². The van der Waals surface area contributed by atoms with Crippen LogP contribution in [0.1, 0.15) is 30.6 Å². The van der Waals surface area contributed by atoms with Crippen LogP contribution in [0.25, 0.3) is 0 Å². The highest BCUT2D eigenvalue weighted by Crippen LogP contribution is 2.27. The minimum atomic E-state index is -0.399. The van der Waals surface area contributed by atoms with Crippen LogP contribution in [0.5, 0.6) is 11.5 Å². The van der Waals surface area contributed by atoms with Gasteiger partial charge in [-0.2, -0.15) is 0 Å². The molecule has 1 amide bonds. The highest BCUT2D eigenvalue weighted by Gasteiger charge is 2.23. The molecule has 1 unspecified atom stereocenters. The van der Waals surface area contributed by atoms with Crippen molar-refractivity contribution >= 4 is 5.91 Å². The van der Waals surface area contributed by atoms with Gasteiger partial charge in [-0.1, -0.05) is 6.92 Å². The number of amides is 1. The molecular weight excluding hydrogens is 244 g/mol. The third-order valence-corrected chi connectivity index (χ3v) is 3.29. The van der Waals surface area contributed by atoms with E-state index in [0.29, 0.717) is 23.6 Å². The molecule has 0 saturated heterocycles. The standard InChI is InChI=1S/C14H22N2O3/c1-5-14(2,9-15)16-13(17)10-6-7-11(18-3)12(8-10)19-4/h6-8H,5,9,15H2,1-4H3,(H,16,17). The monoisotopic (exact) mass is 266 g/mol. The zero-order chi connectivity index (χ0) is 14.5. The van der Waals surface area contributed by atoms with Crippen molar-refractivity contribution in [2.75, 3.05) is 20.8 Å². The number of rotatable bonds is 6. The van der Waals surface area contributed by atoms with Crippen LogP contribution in [-0.2, 0) is 0 Å². The molecule has 1 aromatic rings. The van der Waals surface area contributed by atoms with Gasteiger partial charge in [0.2, 0.25) is 0 Å². The van der Waals surface area contributed by atoms with Gasteiger partial charge in [-0.05, 0) is 31.5 Å². The molecule has 0 fully saturated rings. The van der Waals surface area contributed by atoms with Crippen molar-refractivity contribution in [1.82, 2.24) is 5.32 Å². The first kappa shape index (κ1) is 15.3. The van der Waals surface area contributed by atoms with Crippen molar-refractivity contribution in [3.8, 4) is 11.5 Å². The van der Waals surface area contributed by atoms with E-state index in [2.05, 4.69) is 5.32 Å². The number of ether oxygens (including phenoxy) is 2. The predicted octanol–water partition coefficient (Wildman–Crippen LogP) is 1.56. The summed E-state index contributed by atoms with van der Waals surface area (Å²) in [5.41, 5.74) is 5.81. The zero-order valence-corrected chi connectivity index (χ0v) is 11.9. The Kier molecular flexibility index (Phi) is 5.18. The SMILES string of the molecule is CCC(C)(CN)NC(=O)c1ccc(OC)c(OC)c1. The minimum absolute atomic E-state index is 0.171. The molecule has 3 N–H and O–H groups in total. The third-order valence-electron chi connectivity index (χ3n) is 3.29. The molecule has 0 aliphatic heterocycles. The van der Waals surface area contributed by atoms with E-state index in [1.165, 1.54) is 7.11 Å². The highest BCUT2D eigenvalue weighted by atomic mass is 16.5. The van der Waals surface area contributed by atoms with Crippen LogP contribution in [0.4, 0.5) is 0 Å². The van der Waals surface area contributed by atoms with Crippen molar-refractivity contribution in [3.63, 3.8) is 0 Å². The molecule has 0 radical (unpaired) electrons. The number of carbonyl (C=O) groups excluding carboxylic acids is 1. The van der Waals surface area contributed by atoms with Crippen molar-refractivity contribution in [2.45, 2.75) is 25.8 Å². The van der Waals surface area contributed by atoms with Gasteiger partial charge in [-0.15, -0.1) is 0 Å². The highest BCUT2D eigenvalue weighted by molar-refractivity contribution is 5.95. The average Bonchev–Trinajstić information content (AvgIpc) is 2.46. The molecule has 0 heterocycles. The number of methoxy groups -OCH3 is 2. The van der Waals surface area contributed by atoms with Gasteiger partial charge in [0.1, 0.15) is 0 Å². The first-order chi connectivity index (χ1) is 8.99. The number of benzene rings is 1. The van der Waals surface area contributed by atoms with Crippen LogP contribution in [0, 0.1) is 0 Å². The van der Waals surface area contributed by atoms with Crippen molar-refractivity contribution in [2.24, 2.45) is 5.73 Å². The Morgan fingerprint density at radius 3 is 2.42 bits per heavy atom. The fraction of sp³-hybridized carbons (Fsp3) is 0.500. The number of nitrogens with one attached hydrogen (secondary N) is 1. The Balaban J connectivity index is 2.94. The Bertz CT molecular complexity index is 442. The van der Waals surface area contributed by atoms with Crippen LogP contribution >= 0.6 is 0 Å². The Morgan fingerprint density at radius 1 is 1.32 bits per heavy atom. The van der Waals surface area contributed by atoms with E-state index in [9.17, 15) is 4.79 Å². The molecule has 106 valence electrons. The van der Waals surface area contributed by atoms with E-state index in [0.717, 1.165) is 6.42 Å². The molecular formula is C14H22N2O3. The summed E-state index contributed by atoms with van der Waals surface area (Å²) in [6.07, 6.45) is 0.766. The van der Waals surface area contributed by atoms with Crippen molar-refractivity contribution < 1.29 is 14.3 Å². The molecule has 0 spiro atoms. The second-order valence-electron chi connectivity index (χ2n) is 4.64.